The third kappa shape index (κ3) is 3.86. The summed E-state index contributed by atoms with van der Waals surface area (Å²) >= 11 is 0. The summed E-state index contributed by atoms with van der Waals surface area (Å²) in [5, 5.41) is 29.1. The quantitative estimate of drug-likeness (QED) is 0.333. The first-order valence-corrected chi connectivity index (χ1v) is 10.8. The van der Waals surface area contributed by atoms with Gasteiger partial charge in [0.2, 0.25) is 5.60 Å². The number of nitrogens with zero attached hydrogens (tertiary/aromatic N) is 3. The van der Waals surface area contributed by atoms with Crippen LogP contribution in [0.5, 0.6) is 0 Å². The van der Waals surface area contributed by atoms with Crippen molar-refractivity contribution >= 4 is 27.4 Å². The molecule has 4 aromatic carbocycles. The molecule has 0 saturated carbocycles. The number of aliphatic hydroxyl groups is 1. The van der Waals surface area contributed by atoms with Crippen molar-refractivity contribution in [2.75, 3.05) is 11.9 Å². The first-order chi connectivity index (χ1) is 16.8. The molecule has 5 rings (SSSR count). The average Bonchev–Trinajstić information content (AvgIpc) is 3.30. The van der Waals surface area contributed by atoms with E-state index in [-0.39, 0.29) is 5.56 Å². The van der Waals surface area contributed by atoms with Crippen LogP contribution >= 0.6 is 0 Å². The van der Waals surface area contributed by atoms with Crippen LogP contribution in [0.2, 0.25) is 0 Å². The van der Waals surface area contributed by atoms with Gasteiger partial charge >= 0.3 is 6.18 Å². The summed E-state index contributed by atoms with van der Waals surface area (Å²) in [6.45, 7) is -0.815. The van der Waals surface area contributed by atoms with Crippen molar-refractivity contribution in [3.8, 4) is 11.8 Å². The van der Waals surface area contributed by atoms with Crippen molar-refractivity contribution < 1.29 is 18.3 Å². The fraction of sp³-hybridized carbons (Fsp3) is 0.111. The van der Waals surface area contributed by atoms with E-state index in [4.69, 9.17) is 0 Å². The molecule has 35 heavy (non-hydrogen) atoms. The molecule has 0 bridgehead atoms. The van der Waals surface area contributed by atoms with E-state index in [0.717, 1.165) is 5.69 Å². The van der Waals surface area contributed by atoms with Crippen LogP contribution in [0, 0.1) is 11.3 Å². The van der Waals surface area contributed by atoms with E-state index in [2.05, 4.69) is 16.5 Å². The number of rotatable bonds is 5. The Morgan fingerprint density at radius 1 is 0.914 bits per heavy atom. The fourth-order valence-electron chi connectivity index (χ4n) is 4.20. The number of nitriles is 1. The maximum Gasteiger partial charge on any atom is 0.423 e. The number of alkyl halides is 3. The summed E-state index contributed by atoms with van der Waals surface area (Å²) < 4.78 is 44.4. The normalized spacial score (nSPS) is 13.5. The molecule has 0 radical (unpaired) electrons. The van der Waals surface area contributed by atoms with Gasteiger partial charge in [0.15, 0.2) is 0 Å². The summed E-state index contributed by atoms with van der Waals surface area (Å²) in [5.74, 6) is 0. The van der Waals surface area contributed by atoms with Crippen LogP contribution in [0.3, 0.4) is 0 Å². The summed E-state index contributed by atoms with van der Waals surface area (Å²) in [7, 11) is 0. The first-order valence-electron chi connectivity index (χ1n) is 10.8. The zero-order chi connectivity index (χ0) is 24.6. The lowest BCUT2D eigenvalue weighted by atomic mass is 9.91. The topological polar surface area (TPSA) is 73.9 Å². The van der Waals surface area contributed by atoms with E-state index in [9.17, 15) is 23.5 Å². The monoisotopic (exact) mass is 472 g/mol. The molecule has 0 saturated heterocycles. The minimum atomic E-state index is -4.95. The van der Waals surface area contributed by atoms with Gasteiger partial charge in [0.25, 0.3) is 0 Å². The number of halogens is 3. The highest BCUT2D eigenvalue weighted by atomic mass is 19.4. The molecule has 1 unspecified atom stereocenters. The molecule has 0 aliphatic carbocycles. The van der Waals surface area contributed by atoms with Crippen molar-refractivity contribution in [2.24, 2.45) is 0 Å². The molecular formula is C27H19F3N4O. The van der Waals surface area contributed by atoms with E-state index in [1.807, 2.05) is 30.3 Å². The predicted molar refractivity (Wildman–Crippen MR) is 128 cm³/mol. The van der Waals surface area contributed by atoms with Crippen LogP contribution in [0.4, 0.5) is 18.9 Å². The van der Waals surface area contributed by atoms with Crippen molar-refractivity contribution in [1.82, 2.24) is 9.78 Å². The van der Waals surface area contributed by atoms with Gasteiger partial charge in [-0.1, -0.05) is 48.5 Å². The molecule has 0 amide bonds. The molecule has 0 fully saturated rings. The number of aromatic nitrogens is 2. The van der Waals surface area contributed by atoms with Gasteiger partial charge in [-0.25, -0.2) is 4.68 Å². The second-order valence-corrected chi connectivity index (χ2v) is 8.20. The van der Waals surface area contributed by atoms with E-state index in [0.29, 0.717) is 32.9 Å². The molecule has 0 aliphatic heterocycles. The molecule has 1 heterocycles. The van der Waals surface area contributed by atoms with Crippen LogP contribution in [0.1, 0.15) is 11.1 Å². The molecule has 5 aromatic rings. The van der Waals surface area contributed by atoms with Crippen LogP contribution in [0.15, 0.2) is 91.1 Å². The minimum absolute atomic E-state index is 0.296. The third-order valence-corrected chi connectivity index (χ3v) is 6.09. The summed E-state index contributed by atoms with van der Waals surface area (Å²) in [6, 6.07) is 25.5. The van der Waals surface area contributed by atoms with Crippen molar-refractivity contribution in [2.45, 2.75) is 11.8 Å². The maximum absolute atomic E-state index is 14.2. The highest BCUT2D eigenvalue weighted by Gasteiger charge is 2.55. The Morgan fingerprint density at radius 2 is 1.63 bits per heavy atom. The predicted octanol–water partition coefficient (Wildman–Crippen LogP) is 5.91. The zero-order valence-corrected chi connectivity index (χ0v) is 18.3. The number of fused-ring (bicyclic) bond motifs is 2. The van der Waals surface area contributed by atoms with E-state index >= 15 is 0 Å². The Balaban J connectivity index is 1.52. The second-order valence-electron chi connectivity index (χ2n) is 8.20. The first kappa shape index (κ1) is 22.4. The summed E-state index contributed by atoms with van der Waals surface area (Å²) in [6.07, 6.45) is -3.48. The lowest BCUT2D eigenvalue weighted by Gasteiger charge is -2.32. The number of benzene rings is 4. The van der Waals surface area contributed by atoms with Gasteiger partial charge in [-0.2, -0.15) is 23.5 Å². The van der Waals surface area contributed by atoms with Crippen LogP contribution in [0.25, 0.3) is 27.4 Å². The number of para-hydroxylation sites is 1. The SMILES string of the molecule is N#Cc1ccc(NCC(O)(c2ccc3c(cnn3-c3ccccc3)c2)C(F)(F)F)c2ccccc12. The van der Waals surface area contributed by atoms with Gasteiger partial charge in [0.05, 0.1) is 35.6 Å². The Hall–Kier alpha value is -4.35. The molecule has 1 aromatic heterocycles. The van der Waals surface area contributed by atoms with E-state index in [1.165, 1.54) is 24.4 Å². The molecule has 8 heteroatoms. The molecule has 1 atom stereocenters. The number of hydrogen-bond donors (Lipinski definition) is 2. The van der Waals surface area contributed by atoms with E-state index in [1.54, 1.807) is 41.1 Å². The van der Waals surface area contributed by atoms with Gasteiger partial charge in [-0.3, -0.25) is 0 Å². The molecular weight excluding hydrogens is 453 g/mol. The number of nitrogens with one attached hydrogen (secondary N) is 1. The largest absolute Gasteiger partial charge is 0.423 e. The van der Waals surface area contributed by atoms with Gasteiger partial charge in [-0.15, -0.1) is 0 Å². The highest BCUT2D eigenvalue weighted by molar-refractivity contribution is 5.97. The van der Waals surface area contributed by atoms with Crippen molar-refractivity contribution in [3.05, 3.63) is 102 Å². The van der Waals surface area contributed by atoms with Gasteiger partial charge < -0.3 is 10.4 Å². The van der Waals surface area contributed by atoms with Gasteiger partial charge in [0, 0.05) is 21.8 Å². The lowest BCUT2D eigenvalue weighted by molar-refractivity contribution is -0.260. The Kier molecular flexibility index (Phi) is 5.42. The average molecular weight is 472 g/mol. The fourth-order valence-corrected chi connectivity index (χ4v) is 4.20. The van der Waals surface area contributed by atoms with Crippen molar-refractivity contribution in [1.29, 1.82) is 5.26 Å². The Morgan fingerprint density at radius 3 is 2.34 bits per heavy atom. The molecule has 0 spiro atoms. The van der Waals surface area contributed by atoms with Crippen molar-refractivity contribution in [3.63, 3.8) is 0 Å². The highest BCUT2D eigenvalue weighted by Crippen LogP contribution is 2.41. The Bertz CT molecular complexity index is 1570. The lowest BCUT2D eigenvalue weighted by Crippen LogP contribution is -2.47. The second kappa shape index (κ2) is 8.46. The van der Waals surface area contributed by atoms with Crippen LogP contribution in [-0.4, -0.2) is 27.6 Å². The minimum Gasteiger partial charge on any atom is -0.381 e. The van der Waals surface area contributed by atoms with Gasteiger partial charge in [0.1, 0.15) is 0 Å². The number of anilines is 1. The smallest absolute Gasteiger partial charge is 0.381 e. The molecule has 0 aliphatic rings. The zero-order valence-electron chi connectivity index (χ0n) is 18.3. The number of hydrogen-bond acceptors (Lipinski definition) is 4. The molecule has 174 valence electrons. The molecule has 2 N–H and O–H groups in total. The standard InChI is InChI=1S/C27H19F3N4O/c28-27(29,30)26(35,17-32-24-12-10-18(15-31)22-8-4-5-9-23(22)24)20-11-13-25-19(14-20)16-33-34(25)21-6-2-1-3-7-21/h1-14,16,32,35H,17H2. The van der Waals surface area contributed by atoms with Crippen LogP contribution < -0.4 is 5.32 Å². The summed E-state index contributed by atoms with van der Waals surface area (Å²) in [4.78, 5) is 0. The Labute approximate surface area is 198 Å². The third-order valence-electron chi connectivity index (χ3n) is 6.09. The molecule has 5 nitrogen and oxygen atoms in total. The van der Waals surface area contributed by atoms with Gasteiger partial charge in [-0.05, 0) is 42.0 Å². The summed E-state index contributed by atoms with van der Waals surface area (Å²) in [5.41, 5.74) is -1.26. The van der Waals surface area contributed by atoms with E-state index < -0.39 is 18.3 Å². The maximum atomic E-state index is 14.2. The van der Waals surface area contributed by atoms with Crippen LogP contribution in [-0.2, 0) is 5.60 Å².